The molecule has 2 aromatic heterocycles. The van der Waals surface area contributed by atoms with Crippen LogP contribution in [-0.4, -0.2) is 33.9 Å². The van der Waals surface area contributed by atoms with Crippen LogP contribution in [0.15, 0.2) is 64.3 Å². The molecule has 0 aliphatic rings. The van der Waals surface area contributed by atoms with Crippen molar-refractivity contribution in [1.29, 1.82) is 0 Å². The molecular formula is C21H27N5O2. The highest BCUT2D eigenvalue weighted by molar-refractivity contribution is 5.79. The van der Waals surface area contributed by atoms with E-state index in [1.54, 1.807) is 19.2 Å². The highest BCUT2D eigenvalue weighted by Crippen LogP contribution is 2.21. The molecule has 28 heavy (non-hydrogen) atoms. The molecule has 0 amide bonds. The quantitative estimate of drug-likeness (QED) is 0.433. The minimum absolute atomic E-state index is 0.277. The summed E-state index contributed by atoms with van der Waals surface area (Å²) in [5, 5.41) is 21.3. The first kappa shape index (κ1) is 19.7. The van der Waals surface area contributed by atoms with Gasteiger partial charge in [-0.2, -0.15) is 5.10 Å². The van der Waals surface area contributed by atoms with Gasteiger partial charge in [-0.05, 0) is 56.7 Å². The van der Waals surface area contributed by atoms with Crippen LogP contribution >= 0.6 is 0 Å². The van der Waals surface area contributed by atoms with Crippen LogP contribution in [0.2, 0.25) is 0 Å². The summed E-state index contributed by atoms with van der Waals surface area (Å²) in [6.07, 6.45) is 3.66. The lowest BCUT2D eigenvalue weighted by Gasteiger charge is -2.22. The van der Waals surface area contributed by atoms with Crippen LogP contribution in [0, 0.1) is 6.92 Å². The third-order valence-corrected chi connectivity index (χ3v) is 4.31. The van der Waals surface area contributed by atoms with Crippen molar-refractivity contribution in [3.8, 4) is 5.69 Å². The fourth-order valence-corrected chi connectivity index (χ4v) is 2.80. The Balaban J connectivity index is 1.67. The van der Waals surface area contributed by atoms with Crippen molar-refractivity contribution >= 4 is 5.96 Å². The van der Waals surface area contributed by atoms with Crippen LogP contribution in [0.3, 0.4) is 0 Å². The van der Waals surface area contributed by atoms with E-state index in [1.165, 1.54) is 0 Å². The van der Waals surface area contributed by atoms with E-state index in [4.69, 9.17) is 4.42 Å². The van der Waals surface area contributed by atoms with Gasteiger partial charge in [-0.15, -0.1) is 0 Å². The van der Waals surface area contributed by atoms with Gasteiger partial charge in [-0.1, -0.05) is 12.1 Å². The van der Waals surface area contributed by atoms with E-state index in [9.17, 15) is 5.11 Å². The maximum Gasteiger partial charge on any atom is 0.191 e. The molecule has 0 aliphatic carbocycles. The molecule has 0 bridgehead atoms. The lowest BCUT2D eigenvalue weighted by molar-refractivity contribution is 0.0378. The average molecular weight is 381 g/mol. The van der Waals surface area contributed by atoms with E-state index >= 15 is 0 Å². The molecule has 1 aromatic carbocycles. The van der Waals surface area contributed by atoms with Crippen LogP contribution in [0.4, 0.5) is 0 Å². The molecule has 3 N–H and O–H groups in total. The minimum Gasteiger partial charge on any atom is -0.463 e. The summed E-state index contributed by atoms with van der Waals surface area (Å²) in [4.78, 5) is 4.63. The second-order valence-electron chi connectivity index (χ2n) is 6.85. The number of nitrogens with zero attached hydrogens (tertiary/aromatic N) is 3. The predicted molar refractivity (Wildman–Crippen MR) is 109 cm³/mol. The second kappa shape index (κ2) is 8.75. The van der Waals surface area contributed by atoms with Gasteiger partial charge >= 0.3 is 0 Å². The van der Waals surface area contributed by atoms with E-state index in [-0.39, 0.29) is 6.54 Å². The summed E-state index contributed by atoms with van der Waals surface area (Å²) in [5.74, 6) is 1.93. The molecule has 3 rings (SSSR count). The number of hydrogen-bond donors (Lipinski definition) is 3. The molecular weight excluding hydrogens is 354 g/mol. The third kappa shape index (κ3) is 5.01. The van der Waals surface area contributed by atoms with Crippen molar-refractivity contribution in [2.45, 2.75) is 32.9 Å². The molecule has 7 nitrogen and oxygen atoms in total. The zero-order valence-electron chi connectivity index (χ0n) is 16.5. The van der Waals surface area contributed by atoms with Crippen molar-refractivity contribution < 1.29 is 9.52 Å². The van der Waals surface area contributed by atoms with Gasteiger partial charge < -0.3 is 20.2 Å². The van der Waals surface area contributed by atoms with Crippen molar-refractivity contribution in [2.75, 3.05) is 13.1 Å². The SMILES string of the molecule is CCNC(=NCc1cccc(-n2cccn2)c1)NCC(C)(O)c1ccc(C)o1. The van der Waals surface area contributed by atoms with Crippen LogP contribution in [0.25, 0.3) is 5.69 Å². The van der Waals surface area contributed by atoms with Gasteiger partial charge in [-0.25, -0.2) is 9.67 Å². The largest absolute Gasteiger partial charge is 0.463 e. The normalized spacial score (nSPS) is 13.9. The van der Waals surface area contributed by atoms with Crippen LogP contribution in [-0.2, 0) is 12.1 Å². The summed E-state index contributed by atoms with van der Waals surface area (Å²) in [7, 11) is 0. The molecule has 0 fully saturated rings. The van der Waals surface area contributed by atoms with Crippen molar-refractivity contribution in [2.24, 2.45) is 4.99 Å². The Hall–Kier alpha value is -3.06. The molecule has 1 atom stereocenters. The smallest absolute Gasteiger partial charge is 0.191 e. The number of furan rings is 1. The highest BCUT2D eigenvalue weighted by Gasteiger charge is 2.27. The molecule has 7 heteroatoms. The number of rotatable bonds is 7. The lowest BCUT2D eigenvalue weighted by Crippen LogP contribution is -2.44. The minimum atomic E-state index is -1.13. The maximum atomic E-state index is 10.7. The monoisotopic (exact) mass is 381 g/mol. The number of benzene rings is 1. The fraction of sp³-hybridized carbons (Fsp3) is 0.333. The molecule has 0 aliphatic heterocycles. The Morgan fingerprint density at radius 3 is 2.79 bits per heavy atom. The van der Waals surface area contributed by atoms with E-state index in [0.717, 1.165) is 23.6 Å². The summed E-state index contributed by atoms with van der Waals surface area (Å²) in [6, 6.07) is 13.6. The van der Waals surface area contributed by atoms with Gasteiger partial charge in [0.15, 0.2) is 5.96 Å². The first-order chi connectivity index (χ1) is 13.5. The topological polar surface area (TPSA) is 87.6 Å². The van der Waals surface area contributed by atoms with Crippen LogP contribution in [0.5, 0.6) is 0 Å². The molecule has 3 aromatic rings. The molecule has 0 spiro atoms. The average Bonchev–Trinajstić information content (AvgIpc) is 3.36. The third-order valence-electron chi connectivity index (χ3n) is 4.31. The Morgan fingerprint density at radius 2 is 2.11 bits per heavy atom. The Labute approximate surface area is 165 Å². The lowest BCUT2D eigenvalue weighted by atomic mass is 10.0. The highest BCUT2D eigenvalue weighted by atomic mass is 16.4. The number of guanidine groups is 1. The number of nitrogens with one attached hydrogen (secondary N) is 2. The van der Waals surface area contributed by atoms with Gasteiger partial charge in [0.1, 0.15) is 17.1 Å². The maximum absolute atomic E-state index is 10.7. The van der Waals surface area contributed by atoms with E-state index in [0.29, 0.717) is 18.3 Å². The molecule has 0 saturated heterocycles. The predicted octanol–water partition coefficient (Wildman–Crippen LogP) is 2.74. The van der Waals surface area contributed by atoms with Gasteiger partial charge in [-0.3, -0.25) is 0 Å². The number of hydrogen-bond acceptors (Lipinski definition) is 4. The Bertz CT molecular complexity index is 913. The summed E-state index contributed by atoms with van der Waals surface area (Å²) < 4.78 is 7.38. The first-order valence-electron chi connectivity index (χ1n) is 9.38. The molecule has 1 unspecified atom stereocenters. The standard InChI is InChI=1S/C21H27N5O2/c1-4-22-20(24-15-21(3,27)19-10-9-16(2)28-19)23-14-17-7-5-8-18(13-17)26-12-6-11-25-26/h5-13,27H,4,14-15H2,1-3H3,(H2,22,23,24). The fourth-order valence-electron chi connectivity index (χ4n) is 2.80. The van der Waals surface area contributed by atoms with Crippen molar-refractivity contribution in [3.63, 3.8) is 0 Å². The summed E-state index contributed by atoms with van der Waals surface area (Å²) in [6.45, 7) is 7.08. The number of aromatic nitrogens is 2. The van der Waals surface area contributed by atoms with Gasteiger partial charge in [0.25, 0.3) is 0 Å². The zero-order chi connectivity index (χ0) is 20.0. The number of aliphatic imine (C=N–C) groups is 1. The second-order valence-corrected chi connectivity index (χ2v) is 6.85. The first-order valence-corrected chi connectivity index (χ1v) is 9.38. The summed E-state index contributed by atoms with van der Waals surface area (Å²) >= 11 is 0. The van der Waals surface area contributed by atoms with E-state index < -0.39 is 5.60 Å². The van der Waals surface area contributed by atoms with Crippen molar-refractivity contribution in [1.82, 2.24) is 20.4 Å². The molecule has 0 radical (unpaired) electrons. The van der Waals surface area contributed by atoms with Crippen LogP contribution < -0.4 is 10.6 Å². The van der Waals surface area contributed by atoms with E-state index in [1.807, 2.05) is 55.1 Å². The zero-order valence-corrected chi connectivity index (χ0v) is 16.5. The Morgan fingerprint density at radius 1 is 1.25 bits per heavy atom. The van der Waals surface area contributed by atoms with E-state index in [2.05, 4.69) is 26.8 Å². The number of aryl methyl sites for hydroxylation is 1. The Kier molecular flexibility index (Phi) is 6.16. The number of aliphatic hydroxyl groups is 1. The molecule has 148 valence electrons. The van der Waals surface area contributed by atoms with Gasteiger partial charge in [0, 0.05) is 18.9 Å². The van der Waals surface area contributed by atoms with Gasteiger partial charge in [0.2, 0.25) is 0 Å². The molecule has 2 heterocycles. The van der Waals surface area contributed by atoms with Gasteiger partial charge in [0.05, 0.1) is 18.8 Å². The summed E-state index contributed by atoms with van der Waals surface area (Å²) in [5.41, 5.74) is 0.926. The van der Waals surface area contributed by atoms with Crippen LogP contribution in [0.1, 0.15) is 30.9 Å². The van der Waals surface area contributed by atoms with Crippen molar-refractivity contribution in [3.05, 3.63) is 71.9 Å². The molecule has 0 saturated carbocycles.